The van der Waals surface area contributed by atoms with E-state index in [1.165, 1.54) is 30.3 Å². The second-order valence-corrected chi connectivity index (χ2v) is 4.66. The van der Waals surface area contributed by atoms with Gasteiger partial charge in [-0.05, 0) is 6.07 Å². The summed E-state index contributed by atoms with van der Waals surface area (Å²) in [7, 11) is 0. The van der Waals surface area contributed by atoms with Crippen molar-refractivity contribution in [3.8, 4) is 0 Å². The minimum atomic E-state index is -0.665. The predicted molar refractivity (Wildman–Crippen MR) is 81.5 cm³/mol. The van der Waals surface area contributed by atoms with Gasteiger partial charge in [0.05, 0.1) is 10.6 Å². The third-order valence-electron chi connectivity index (χ3n) is 3.02. The van der Waals surface area contributed by atoms with Gasteiger partial charge in [0, 0.05) is 30.5 Å². The van der Waals surface area contributed by atoms with E-state index in [2.05, 4.69) is 9.99 Å². The van der Waals surface area contributed by atoms with Crippen LogP contribution in [0, 0.1) is 15.9 Å². The Labute approximate surface area is 131 Å². The fourth-order valence-electron chi connectivity index (χ4n) is 2.01. The van der Waals surface area contributed by atoms with Crippen LogP contribution >= 0.6 is 0 Å². The van der Waals surface area contributed by atoms with E-state index in [4.69, 9.17) is 0 Å². The summed E-state index contributed by atoms with van der Waals surface area (Å²) in [5, 5.41) is 14.7. The summed E-state index contributed by atoms with van der Waals surface area (Å²) in [4.78, 5) is 26.1. The Morgan fingerprint density at radius 1 is 1.22 bits per heavy atom. The number of carbonyl (C=O) groups is 1. The average molecular weight is 316 g/mol. The van der Waals surface area contributed by atoms with Crippen molar-refractivity contribution in [1.82, 2.24) is 0 Å². The number of para-hydroxylation sites is 1. The zero-order valence-electron chi connectivity index (χ0n) is 12.2. The second-order valence-electron chi connectivity index (χ2n) is 4.66. The number of hydrogen-bond donors (Lipinski definition) is 0. The van der Waals surface area contributed by atoms with Crippen molar-refractivity contribution in [3.05, 3.63) is 75.6 Å². The Kier molecular flexibility index (Phi) is 5.14. The molecule has 0 radical (unpaired) electrons. The second kappa shape index (κ2) is 7.26. The van der Waals surface area contributed by atoms with E-state index in [1.807, 2.05) is 0 Å². The van der Waals surface area contributed by atoms with Gasteiger partial charge >= 0.3 is 5.97 Å². The Morgan fingerprint density at radius 3 is 2.52 bits per heavy atom. The molecule has 0 bridgehead atoms. The van der Waals surface area contributed by atoms with Gasteiger partial charge in [0.15, 0.2) is 0 Å². The molecule has 0 spiro atoms. The molecule has 0 unspecified atom stereocenters. The Bertz CT molecular complexity index is 774. The van der Waals surface area contributed by atoms with Gasteiger partial charge in [-0.3, -0.25) is 10.1 Å². The van der Waals surface area contributed by atoms with E-state index in [-0.39, 0.29) is 23.4 Å². The lowest BCUT2D eigenvalue weighted by Gasteiger charge is -2.08. The number of rotatable bonds is 5. The highest BCUT2D eigenvalue weighted by Crippen LogP contribution is 2.21. The topological polar surface area (TPSA) is 81.8 Å². The highest BCUT2D eigenvalue weighted by Gasteiger charge is 2.18. The first-order valence-corrected chi connectivity index (χ1v) is 6.70. The van der Waals surface area contributed by atoms with Crippen LogP contribution in [-0.2, 0) is 16.1 Å². The number of nitro benzene ring substituents is 1. The fraction of sp³-hybridized carbons (Fsp3) is 0.125. The van der Waals surface area contributed by atoms with Crippen LogP contribution in [0.25, 0.3) is 0 Å². The van der Waals surface area contributed by atoms with Gasteiger partial charge in [0.2, 0.25) is 0 Å². The lowest BCUT2D eigenvalue weighted by molar-refractivity contribution is -0.385. The molecule has 0 saturated heterocycles. The van der Waals surface area contributed by atoms with Gasteiger partial charge in [-0.2, -0.15) is 0 Å². The van der Waals surface area contributed by atoms with E-state index < -0.39 is 16.7 Å². The van der Waals surface area contributed by atoms with Crippen molar-refractivity contribution in [2.75, 3.05) is 0 Å². The molecule has 0 aliphatic carbocycles. The smallest absolute Gasteiger partial charge is 0.318 e. The Morgan fingerprint density at radius 2 is 1.87 bits per heavy atom. The number of oxime groups is 1. The van der Waals surface area contributed by atoms with Crippen LogP contribution in [0.5, 0.6) is 0 Å². The fourth-order valence-corrected chi connectivity index (χ4v) is 2.01. The van der Waals surface area contributed by atoms with Gasteiger partial charge in [-0.15, -0.1) is 0 Å². The predicted octanol–water partition coefficient (Wildman–Crippen LogP) is 3.24. The van der Waals surface area contributed by atoms with E-state index in [1.54, 1.807) is 18.2 Å². The molecule has 2 rings (SSSR count). The van der Waals surface area contributed by atoms with Crippen molar-refractivity contribution in [3.63, 3.8) is 0 Å². The normalized spacial score (nSPS) is 11.1. The molecule has 0 N–H and O–H groups in total. The molecule has 0 heterocycles. The van der Waals surface area contributed by atoms with Gasteiger partial charge in [-0.25, -0.2) is 9.18 Å². The highest BCUT2D eigenvalue weighted by atomic mass is 19.1. The molecule has 2 aromatic carbocycles. The molecule has 0 amide bonds. The summed E-state index contributed by atoms with van der Waals surface area (Å²) >= 11 is 0. The molecule has 0 aliphatic heterocycles. The van der Waals surface area contributed by atoms with Crippen molar-refractivity contribution in [1.29, 1.82) is 0 Å². The van der Waals surface area contributed by atoms with Gasteiger partial charge in [0.1, 0.15) is 5.82 Å². The number of nitrogens with zero attached hydrogens (tertiary/aromatic N) is 2. The Hall–Kier alpha value is -3.09. The van der Waals surface area contributed by atoms with Crippen molar-refractivity contribution >= 4 is 17.4 Å². The summed E-state index contributed by atoms with van der Waals surface area (Å²) in [6, 6.07) is 11.9. The Balaban J connectivity index is 2.44. The summed E-state index contributed by atoms with van der Waals surface area (Å²) in [5.41, 5.74) is 0.436. The maximum Gasteiger partial charge on any atom is 0.331 e. The summed E-state index contributed by atoms with van der Waals surface area (Å²) < 4.78 is 14.0. The number of nitro groups is 1. The molecule has 6 nitrogen and oxygen atoms in total. The van der Waals surface area contributed by atoms with Crippen molar-refractivity contribution in [2.45, 2.75) is 13.3 Å². The molecule has 0 aliphatic rings. The molecule has 0 atom stereocenters. The first-order chi connectivity index (χ1) is 11.0. The minimum absolute atomic E-state index is 0.0502. The SMILES string of the molecule is CC(=O)ON=C(Cc1ccccc1[N+](=O)[O-])c1ccccc1F. The molecule has 0 aromatic heterocycles. The van der Waals surface area contributed by atoms with E-state index in [9.17, 15) is 19.3 Å². The maximum absolute atomic E-state index is 14.0. The number of halogens is 1. The van der Waals surface area contributed by atoms with Crippen LogP contribution < -0.4 is 0 Å². The van der Waals surface area contributed by atoms with Crippen LogP contribution in [0.2, 0.25) is 0 Å². The molecule has 23 heavy (non-hydrogen) atoms. The van der Waals surface area contributed by atoms with Crippen LogP contribution in [-0.4, -0.2) is 16.6 Å². The molecule has 118 valence electrons. The molecule has 0 fully saturated rings. The number of hydrogen-bond acceptors (Lipinski definition) is 5. The van der Waals surface area contributed by atoms with Gasteiger partial charge < -0.3 is 4.84 Å². The first-order valence-electron chi connectivity index (χ1n) is 6.70. The van der Waals surface area contributed by atoms with Crippen LogP contribution in [0.1, 0.15) is 18.1 Å². The highest BCUT2D eigenvalue weighted by molar-refractivity contribution is 6.02. The zero-order chi connectivity index (χ0) is 16.8. The molecule has 2 aromatic rings. The maximum atomic E-state index is 14.0. The average Bonchev–Trinajstić information content (AvgIpc) is 2.52. The zero-order valence-corrected chi connectivity index (χ0v) is 12.2. The third kappa shape index (κ3) is 4.19. The lowest BCUT2D eigenvalue weighted by Crippen LogP contribution is -2.11. The van der Waals surface area contributed by atoms with Crippen LogP contribution in [0.3, 0.4) is 0 Å². The van der Waals surface area contributed by atoms with E-state index in [0.29, 0.717) is 5.56 Å². The van der Waals surface area contributed by atoms with Crippen LogP contribution in [0.15, 0.2) is 53.7 Å². The lowest BCUT2D eigenvalue weighted by atomic mass is 10.0. The van der Waals surface area contributed by atoms with Gasteiger partial charge in [0.25, 0.3) is 5.69 Å². The number of benzene rings is 2. The minimum Gasteiger partial charge on any atom is -0.318 e. The van der Waals surface area contributed by atoms with Crippen LogP contribution in [0.4, 0.5) is 10.1 Å². The third-order valence-corrected chi connectivity index (χ3v) is 3.02. The van der Waals surface area contributed by atoms with Gasteiger partial charge in [-0.1, -0.05) is 41.6 Å². The standard InChI is InChI=1S/C16H13FN2O4/c1-11(20)23-18-15(13-7-3-4-8-14(13)17)10-12-6-2-5-9-16(12)19(21)22/h2-9H,10H2,1H3. The van der Waals surface area contributed by atoms with Crippen molar-refractivity contribution in [2.24, 2.45) is 5.16 Å². The summed E-state index contributed by atoms with van der Waals surface area (Å²) in [5.74, 6) is -1.22. The van der Waals surface area contributed by atoms with Crippen molar-refractivity contribution < 1.29 is 18.9 Å². The van der Waals surface area contributed by atoms with E-state index >= 15 is 0 Å². The summed E-state index contributed by atoms with van der Waals surface area (Å²) in [6.07, 6.45) is -0.0502. The first kappa shape index (κ1) is 16.3. The molecular weight excluding hydrogens is 303 g/mol. The summed E-state index contributed by atoms with van der Waals surface area (Å²) in [6.45, 7) is 1.16. The molecule has 7 heteroatoms. The van der Waals surface area contributed by atoms with E-state index in [0.717, 1.165) is 6.92 Å². The largest absolute Gasteiger partial charge is 0.331 e. The molecule has 0 saturated carbocycles. The number of carbonyl (C=O) groups excluding carboxylic acids is 1. The monoisotopic (exact) mass is 316 g/mol. The molecular formula is C16H13FN2O4. The quantitative estimate of drug-likeness (QED) is 0.367.